The third kappa shape index (κ3) is 4.94. The minimum absolute atomic E-state index is 0.0950. The maximum atomic E-state index is 12.4. The summed E-state index contributed by atoms with van der Waals surface area (Å²) < 4.78 is 5.85. The summed E-state index contributed by atoms with van der Waals surface area (Å²) in [7, 11) is 0. The van der Waals surface area contributed by atoms with E-state index in [0.717, 1.165) is 11.3 Å². The molecule has 24 heavy (non-hydrogen) atoms. The van der Waals surface area contributed by atoms with Crippen LogP contribution in [0.15, 0.2) is 41.8 Å². The minimum atomic E-state index is -1.13. The van der Waals surface area contributed by atoms with Crippen molar-refractivity contribution in [3.05, 3.63) is 47.4 Å². The first kappa shape index (κ1) is 18.2. The van der Waals surface area contributed by atoms with Gasteiger partial charge in [0.25, 0.3) is 5.91 Å². The van der Waals surface area contributed by atoms with Crippen LogP contribution in [0.5, 0.6) is 5.75 Å². The molecule has 7 heteroatoms. The van der Waals surface area contributed by atoms with Gasteiger partial charge < -0.3 is 14.6 Å². The number of thioether (sulfide) groups is 1. The van der Waals surface area contributed by atoms with Crippen molar-refractivity contribution in [1.29, 1.82) is 0 Å². The number of carboxylic acid groups (broad SMARTS) is 1. The largest absolute Gasteiger partial charge is 0.550 e. The number of hydrogen-bond acceptors (Lipinski definition) is 6. The van der Waals surface area contributed by atoms with Gasteiger partial charge in [0.1, 0.15) is 16.7 Å². The van der Waals surface area contributed by atoms with Crippen LogP contribution in [-0.4, -0.2) is 34.2 Å². The lowest BCUT2D eigenvalue weighted by molar-refractivity contribution is -0.305. The number of thiocarbonyl (C=S) groups is 1. The monoisotopic (exact) mass is 362 g/mol. The Morgan fingerprint density at radius 1 is 1.38 bits per heavy atom. The molecular formula is C17H16NO4S2-. The fraction of sp³-hybridized carbons (Fsp3) is 0.235. The Morgan fingerprint density at radius 3 is 2.71 bits per heavy atom. The number of ether oxygens (including phenoxy) is 1. The Bertz CT molecular complexity index is 682. The number of carbonyl (C=O) groups is 2. The molecule has 0 N–H and O–H groups in total. The Kier molecular flexibility index (Phi) is 6.57. The Labute approximate surface area is 150 Å². The van der Waals surface area contributed by atoms with Crippen molar-refractivity contribution in [3.63, 3.8) is 0 Å². The molecule has 1 saturated heterocycles. The van der Waals surface area contributed by atoms with Crippen LogP contribution in [0.25, 0.3) is 6.08 Å². The summed E-state index contributed by atoms with van der Waals surface area (Å²) in [6.07, 6.45) is 3.65. The van der Waals surface area contributed by atoms with Crippen LogP contribution in [0.4, 0.5) is 0 Å². The minimum Gasteiger partial charge on any atom is -0.550 e. The zero-order valence-corrected chi connectivity index (χ0v) is 14.5. The van der Waals surface area contributed by atoms with Crippen molar-refractivity contribution in [2.45, 2.75) is 12.8 Å². The molecule has 2 rings (SSSR count). The topological polar surface area (TPSA) is 69.7 Å². The van der Waals surface area contributed by atoms with Crippen LogP contribution in [-0.2, 0) is 9.59 Å². The van der Waals surface area contributed by atoms with Crippen molar-refractivity contribution >= 4 is 46.3 Å². The standard InChI is InChI=1S/C17H17NO4S2/c1-2-10-22-13-7-5-12(6-8-13)11-14-16(21)18(17(23)24-14)9-3-4-15(19)20/h2,5-8,11H,1,3-4,9-10H2,(H,19,20)/p-1/b14-11+. The number of aliphatic carboxylic acids is 1. The first-order chi connectivity index (χ1) is 11.5. The van der Waals surface area contributed by atoms with Crippen molar-refractivity contribution in [1.82, 2.24) is 4.90 Å². The summed E-state index contributed by atoms with van der Waals surface area (Å²) in [5, 5.41) is 10.5. The van der Waals surface area contributed by atoms with Gasteiger partial charge in [0.15, 0.2) is 0 Å². The highest BCUT2D eigenvalue weighted by Gasteiger charge is 2.31. The van der Waals surface area contributed by atoms with Gasteiger partial charge in [-0.2, -0.15) is 0 Å². The van der Waals surface area contributed by atoms with E-state index in [4.69, 9.17) is 17.0 Å². The number of carbonyl (C=O) groups excluding carboxylic acids is 2. The van der Waals surface area contributed by atoms with Gasteiger partial charge in [0.2, 0.25) is 0 Å². The molecule has 126 valence electrons. The second-order valence-corrected chi connectivity index (χ2v) is 6.65. The van der Waals surface area contributed by atoms with Crippen molar-refractivity contribution in [2.75, 3.05) is 13.2 Å². The highest BCUT2D eigenvalue weighted by Crippen LogP contribution is 2.32. The molecule has 0 spiro atoms. The first-order valence-electron chi connectivity index (χ1n) is 7.30. The molecule has 1 fully saturated rings. The van der Waals surface area contributed by atoms with Gasteiger partial charge in [-0.1, -0.05) is 48.8 Å². The van der Waals surface area contributed by atoms with E-state index in [1.165, 1.54) is 16.7 Å². The summed E-state index contributed by atoms with van der Waals surface area (Å²) in [6, 6.07) is 7.33. The Balaban J connectivity index is 2.02. The number of carboxylic acids is 1. The number of amides is 1. The highest BCUT2D eigenvalue weighted by atomic mass is 32.2. The molecular weight excluding hydrogens is 346 g/mol. The van der Waals surface area contributed by atoms with E-state index in [0.29, 0.717) is 22.3 Å². The van der Waals surface area contributed by atoms with Crippen LogP contribution in [0.3, 0.4) is 0 Å². The summed E-state index contributed by atoms with van der Waals surface area (Å²) in [6.45, 7) is 4.30. The smallest absolute Gasteiger partial charge is 0.266 e. The third-order valence-electron chi connectivity index (χ3n) is 3.18. The van der Waals surface area contributed by atoms with Gasteiger partial charge in [-0.3, -0.25) is 9.69 Å². The fourth-order valence-electron chi connectivity index (χ4n) is 2.04. The predicted octanol–water partition coefficient (Wildman–Crippen LogP) is 1.98. The van der Waals surface area contributed by atoms with E-state index >= 15 is 0 Å². The van der Waals surface area contributed by atoms with E-state index in [1.54, 1.807) is 12.2 Å². The SMILES string of the molecule is C=CCOc1ccc(/C=C2/SC(=S)N(CCCC(=O)[O-])C2=O)cc1. The highest BCUT2D eigenvalue weighted by molar-refractivity contribution is 8.26. The number of benzene rings is 1. The maximum absolute atomic E-state index is 12.4. The molecule has 1 heterocycles. The molecule has 1 aromatic rings. The molecule has 5 nitrogen and oxygen atoms in total. The average molecular weight is 362 g/mol. The van der Waals surface area contributed by atoms with Crippen molar-refractivity contribution < 1.29 is 19.4 Å². The molecule has 0 unspecified atom stereocenters. The number of nitrogens with zero attached hydrogens (tertiary/aromatic N) is 1. The summed E-state index contributed by atoms with van der Waals surface area (Å²) >= 11 is 6.41. The van der Waals surface area contributed by atoms with Crippen LogP contribution in [0.1, 0.15) is 18.4 Å². The van der Waals surface area contributed by atoms with Crippen LogP contribution >= 0.6 is 24.0 Å². The molecule has 1 amide bonds. The lowest BCUT2D eigenvalue weighted by atomic mass is 10.2. The van der Waals surface area contributed by atoms with E-state index in [-0.39, 0.29) is 18.9 Å². The average Bonchev–Trinajstić information content (AvgIpc) is 2.81. The van der Waals surface area contributed by atoms with Gasteiger partial charge in [-0.05, 0) is 36.6 Å². The van der Waals surface area contributed by atoms with Gasteiger partial charge in [0, 0.05) is 12.5 Å². The Hall–Kier alpha value is -2.12. The third-order valence-corrected chi connectivity index (χ3v) is 4.56. The molecule has 0 aliphatic carbocycles. The molecule has 0 atom stereocenters. The van der Waals surface area contributed by atoms with E-state index in [1.807, 2.05) is 24.3 Å². The van der Waals surface area contributed by atoms with E-state index < -0.39 is 5.97 Å². The summed E-state index contributed by atoms with van der Waals surface area (Å²) in [4.78, 5) is 24.8. The van der Waals surface area contributed by atoms with Crippen molar-refractivity contribution in [3.8, 4) is 5.75 Å². The van der Waals surface area contributed by atoms with Crippen molar-refractivity contribution in [2.24, 2.45) is 0 Å². The maximum Gasteiger partial charge on any atom is 0.266 e. The molecule has 1 aliphatic heterocycles. The molecule has 1 aliphatic rings. The molecule has 1 aromatic carbocycles. The zero-order chi connectivity index (χ0) is 17.5. The predicted molar refractivity (Wildman–Crippen MR) is 96.3 cm³/mol. The number of rotatable bonds is 8. The molecule has 0 aromatic heterocycles. The lowest BCUT2D eigenvalue weighted by Crippen LogP contribution is -2.30. The van der Waals surface area contributed by atoms with Gasteiger partial charge in [-0.15, -0.1) is 0 Å². The normalized spacial score (nSPS) is 15.8. The Morgan fingerprint density at radius 2 is 2.08 bits per heavy atom. The number of hydrogen-bond donors (Lipinski definition) is 0. The first-order valence-corrected chi connectivity index (χ1v) is 8.52. The summed E-state index contributed by atoms with van der Waals surface area (Å²) in [5.74, 6) is -0.605. The second-order valence-electron chi connectivity index (χ2n) is 4.98. The summed E-state index contributed by atoms with van der Waals surface area (Å²) in [5.41, 5.74) is 0.858. The van der Waals surface area contributed by atoms with Crippen LogP contribution in [0.2, 0.25) is 0 Å². The van der Waals surface area contributed by atoms with Gasteiger partial charge >= 0.3 is 0 Å². The van der Waals surface area contributed by atoms with E-state index in [2.05, 4.69) is 6.58 Å². The zero-order valence-electron chi connectivity index (χ0n) is 12.9. The van der Waals surface area contributed by atoms with Crippen LogP contribution in [0, 0.1) is 0 Å². The van der Waals surface area contributed by atoms with Gasteiger partial charge in [0.05, 0.1) is 4.91 Å². The van der Waals surface area contributed by atoms with E-state index in [9.17, 15) is 14.7 Å². The lowest BCUT2D eigenvalue weighted by Gasteiger charge is -2.14. The van der Waals surface area contributed by atoms with Gasteiger partial charge in [-0.25, -0.2) is 0 Å². The quantitative estimate of drug-likeness (QED) is 0.400. The molecule has 0 saturated carbocycles. The molecule has 0 bridgehead atoms. The van der Waals surface area contributed by atoms with Crippen LogP contribution < -0.4 is 9.84 Å². The molecule has 0 radical (unpaired) electrons. The second kappa shape index (κ2) is 8.65. The fourth-order valence-corrected chi connectivity index (χ4v) is 3.35.